The van der Waals surface area contributed by atoms with Crippen LogP contribution in [0.4, 0.5) is 11.4 Å². The highest BCUT2D eigenvalue weighted by molar-refractivity contribution is 9.10. The van der Waals surface area contributed by atoms with Crippen molar-refractivity contribution in [1.29, 1.82) is 0 Å². The summed E-state index contributed by atoms with van der Waals surface area (Å²) in [6, 6.07) is 20.4. The Kier molecular flexibility index (Phi) is 7.85. The average molecular weight is 548 g/mol. The van der Waals surface area contributed by atoms with Crippen LogP contribution in [0.15, 0.2) is 81.9 Å². The zero-order valence-electron chi connectivity index (χ0n) is 20.2. The predicted molar refractivity (Wildman–Crippen MR) is 146 cm³/mol. The van der Waals surface area contributed by atoms with E-state index < -0.39 is 0 Å². The fourth-order valence-electron chi connectivity index (χ4n) is 3.64. The minimum absolute atomic E-state index is 0.191. The molecule has 0 aromatic heterocycles. The van der Waals surface area contributed by atoms with Gasteiger partial charge in [-0.15, -0.1) is 0 Å². The number of para-hydroxylation sites is 1. The molecule has 2 amide bonds. The van der Waals surface area contributed by atoms with Gasteiger partial charge in [-0.25, -0.2) is 0 Å². The Morgan fingerprint density at radius 3 is 2.47 bits per heavy atom. The van der Waals surface area contributed by atoms with E-state index >= 15 is 0 Å². The summed E-state index contributed by atoms with van der Waals surface area (Å²) in [6.45, 7) is 5.86. The number of carbonyl (C=O) groups excluding carboxylic acids is 2. The van der Waals surface area contributed by atoms with Crippen molar-refractivity contribution in [3.8, 4) is 11.5 Å². The molecule has 3 aromatic carbocycles. The summed E-state index contributed by atoms with van der Waals surface area (Å²) < 4.78 is 12.2. The van der Waals surface area contributed by atoms with Crippen molar-refractivity contribution in [3.63, 3.8) is 0 Å². The smallest absolute Gasteiger partial charge is 0.280 e. The second-order valence-corrected chi connectivity index (χ2v) is 9.02. The van der Waals surface area contributed by atoms with Crippen molar-refractivity contribution in [2.45, 2.75) is 20.8 Å². The van der Waals surface area contributed by atoms with Crippen LogP contribution in [-0.4, -0.2) is 30.7 Å². The molecule has 0 fully saturated rings. The Balaban J connectivity index is 1.52. The SMILES string of the molecule is CCOc1cc(/C=C2/C(=O)N(c3ccccc3)N=C2C)cc(Br)c1OCC(=O)Nc1ccc(C)cc1. The van der Waals surface area contributed by atoms with Crippen molar-refractivity contribution < 1.29 is 19.1 Å². The Bertz CT molecular complexity index is 1330. The van der Waals surface area contributed by atoms with Crippen LogP contribution >= 0.6 is 15.9 Å². The van der Waals surface area contributed by atoms with E-state index in [4.69, 9.17) is 9.47 Å². The number of nitrogens with one attached hydrogen (secondary N) is 1. The third-order valence-electron chi connectivity index (χ3n) is 5.39. The highest BCUT2D eigenvalue weighted by Crippen LogP contribution is 2.38. The molecule has 7 nitrogen and oxygen atoms in total. The van der Waals surface area contributed by atoms with Crippen molar-refractivity contribution in [3.05, 3.63) is 87.9 Å². The molecular formula is C28H26BrN3O4. The molecule has 0 atom stereocenters. The second-order valence-electron chi connectivity index (χ2n) is 8.16. The molecule has 0 radical (unpaired) electrons. The summed E-state index contributed by atoms with van der Waals surface area (Å²) in [5.74, 6) is 0.374. The fraction of sp³-hybridized carbons (Fsp3) is 0.179. The average Bonchev–Trinajstić information content (AvgIpc) is 3.14. The van der Waals surface area contributed by atoms with E-state index in [1.54, 1.807) is 19.1 Å². The van der Waals surface area contributed by atoms with Crippen molar-refractivity contribution in [1.82, 2.24) is 0 Å². The largest absolute Gasteiger partial charge is 0.490 e. The van der Waals surface area contributed by atoms with Gasteiger partial charge in [-0.05, 0) is 84.7 Å². The van der Waals surface area contributed by atoms with Gasteiger partial charge < -0.3 is 14.8 Å². The van der Waals surface area contributed by atoms with Gasteiger partial charge >= 0.3 is 0 Å². The number of amides is 2. The first-order chi connectivity index (χ1) is 17.4. The summed E-state index contributed by atoms with van der Waals surface area (Å²) in [5, 5.41) is 8.63. The fourth-order valence-corrected chi connectivity index (χ4v) is 4.22. The van der Waals surface area contributed by atoms with E-state index in [1.165, 1.54) is 5.01 Å². The van der Waals surface area contributed by atoms with Crippen LogP contribution < -0.4 is 19.8 Å². The molecule has 36 heavy (non-hydrogen) atoms. The van der Waals surface area contributed by atoms with E-state index in [2.05, 4.69) is 26.3 Å². The van der Waals surface area contributed by atoms with Gasteiger partial charge in [0.05, 0.1) is 28.1 Å². The number of hydrogen-bond donors (Lipinski definition) is 1. The van der Waals surface area contributed by atoms with E-state index in [1.807, 2.05) is 74.5 Å². The maximum Gasteiger partial charge on any atom is 0.280 e. The third kappa shape index (κ3) is 5.83. The number of anilines is 2. The van der Waals surface area contributed by atoms with Gasteiger partial charge in [0.25, 0.3) is 11.8 Å². The molecule has 8 heteroatoms. The van der Waals surface area contributed by atoms with Gasteiger partial charge in [0, 0.05) is 5.69 Å². The first-order valence-electron chi connectivity index (χ1n) is 11.5. The molecule has 0 unspecified atom stereocenters. The number of aryl methyl sites for hydroxylation is 1. The maximum absolute atomic E-state index is 13.1. The topological polar surface area (TPSA) is 80.2 Å². The lowest BCUT2D eigenvalue weighted by molar-refractivity contribution is -0.118. The zero-order valence-corrected chi connectivity index (χ0v) is 21.8. The maximum atomic E-state index is 13.1. The standard InChI is InChI=1S/C28H26BrN3O4/c1-4-35-25-16-20(14-23-19(3)31-32(28(23)34)22-8-6-5-7-9-22)15-24(29)27(25)36-17-26(33)30-21-12-10-18(2)11-13-21/h5-16H,4,17H2,1-3H3,(H,30,33)/b23-14+. The lowest BCUT2D eigenvalue weighted by Gasteiger charge is -2.15. The molecule has 3 aromatic rings. The highest BCUT2D eigenvalue weighted by Gasteiger charge is 2.28. The van der Waals surface area contributed by atoms with Crippen LogP contribution in [0, 0.1) is 6.92 Å². The number of halogens is 1. The minimum atomic E-state index is -0.288. The third-order valence-corrected chi connectivity index (χ3v) is 5.98. The van der Waals surface area contributed by atoms with Crippen molar-refractivity contribution in [2.75, 3.05) is 23.5 Å². The van der Waals surface area contributed by atoms with Crippen LogP contribution in [0.2, 0.25) is 0 Å². The quantitative estimate of drug-likeness (QED) is 0.352. The van der Waals surface area contributed by atoms with Crippen LogP contribution in [0.5, 0.6) is 11.5 Å². The monoisotopic (exact) mass is 547 g/mol. The predicted octanol–water partition coefficient (Wildman–Crippen LogP) is 5.98. The Labute approximate surface area is 218 Å². The lowest BCUT2D eigenvalue weighted by atomic mass is 10.1. The van der Waals surface area contributed by atoms with Crippen LogP contribution in [-0.2, 0) is 9.59 Å². The van der Waals surface area contributed by atoms with Gasteiger partial charge in [-0.3, -0.25) is 9.59 Å². The Morgan fingerprint density at radius 2 is 1.78 bits per heavy atom. The second kappa shape index (κ2) is 11.2. The van der Waals surface area contributed by atoms with Crippen LogP contribution in [0.1, 0.15) is 25.0 Å². The number of rotatable bonds is 8. The van der Waals surface area contributed by atoms with E-state index in [9.17, 15) is 9.59 Å². The number of ether oxygens (including phenoxy) is 2. The molecule has 1 aliphatic heterocycles. The van der Waals surface area contributed by atoms with Gasteiger partial charge in [0.1, 0.15) is 0 Å². The normalized spacial score (nSPS) is 14.1. The minimum Gasteiger partial charge on any atom is -0.490 e. The summed E-state index contributed by atoms with van der Waals surface area (Å²) in [4.78, 5) is 25.5. The molecule has 4 rings (SSSR count). The molecule has 0 bridgehead atoms. The number of nitrogens with zero attached hydrogens (tertiary/aromatic N) is 2. The van der Waals surface area contributed by atoms with Gasteiger partial charge in [-0.2, -0.15) is 10.1 Å². The van der Waals surface area contributed by atoms with E-state index in [0.717, 1.165) is 11.1 Å². The molecule has 0 saturated heterocycles. The van der Waals surface area contributed by atoms with Gasteiger partial charge in [-0.1, -0.05) is 35.9 Å². The summed E-state index contributed by atoms with van der Waals surface area (Å²) >= 11 is 3.53. The first-order valence-corrected chi connectivity index (χ1v) is 12.3. The Hall–Kier alpha value is -3.91. The number of hydrazone groups is 1. The van der Waals surface area contributed by atoms with Crippen LogP contribution in [0.25, 0.3) is 6.08 Å². The molecule has 1 aliphatic rings. The molecule has 0 saturated carbocycles. The first kappa shape index (κ1) is 25.2. The van der Waals surface area contributed by atoms with Crippen molar-refractivity contribution in [2.24, 2.45) is 5.10 Å². The van der Waals surface area contributed by atoms with E-state index in [0.29, 0.717) is 45.2 Å². The number of benzene rings is 3. The molecular weight excluding hydrogens is 522 g/mol. The highest BCUT2D eigenvalue weighted by atomic mass is 79.9. The molecule has 1 heterocycles. The lowest BCUT2D eigenvalue weighted by Crippen LogP contribution is -2.21. The molecule has 1 N–H and O–H groups in total. The number of hydrogen-bond acceptors (Lipinski definition) is 5. The summed E-state index contributed by atoms with van der Waals surface area (Å²) in [6.07, 6.45) is 1.77. The van der Waals surface area contributed by atoms with Gasteiger partial charge in [0.15, 0.2) is 18.1 Å². The summed E-state index contributed by atoms with van der Waals surface area (Å²) in [5.41, 5.74) is 4.34. The van der Waals surface area contributed by atoms with Crippen LogP contribution in [0.3, 0.4) is 0 Å². The summed E-state index contributed by atoms with van der Waals surface area (Å²) in [7, 11) is 0. The molecule has 0 aliphatic carbocycles. The van der Waals surface area contributed by atoms with Gasteiger partial charge in [0.2, 0.25) is 0 Å². The van der Waals surface area contributed by atoms with E-state index in [-0.39, 0.29) is 18.4 Å². The molecule has 0 spiro atoms. The number of carbonyl (C=O) groups is 2. The Morgan fingerprint density at radius 1 is 1.06 bits per heavy atom. The van der Waals surface area contributed by atoms with Crippen molar-refractivity contribution >= 4 is 50.9 Å². The zero-order chi connectivity index (χ0) is 25.7. The molecule has 184 valence electrons.